The highest BCUT2D eigenvalue weighted by Crippen LogP contribution is 2.30. The molecule has 1 fully saturated rings. The number of nitrogens with zero attached hydrogens (tertiary/aromatic N) is 1. The summed E-state index contributed by atoms with van der Waals surface area (Å²) in [6.45, 7) is 1.87. The maximum atomic E-state index is 12.6. The van der Waals surface area contributed by atoms with Gasteiger partial charge in [0.25, 0.3) is 0 Å². The molecule has 1 heterocycles. The highest BCUT2D eigenvalue weighted by molar-refractivity contribution is 9.10. The van der Waals surface area contributed by atoms with Gasteiger partial charge in [0, 0.05) is 24.2 Å². The third-order valence-electron chi connectivity index (χ3n) is 2.92. The number of rotatable bonds is 3. The molecule has 1 saturated heterocycles. The SMILES string of the molecule is COc1ccc(Br)cc1S(=O)(=O)N1CCCOCC1. The van der Waals surface area contributed by atoms with Gasteiger partial charge >= 0.3 is 0 Å². The summed E-state index contributed by atoms with van der Waals surface area (Å²) < 4.78 is 37.9. The summed E-state index contributed by atoms with van der Waals surface area (Å²) in [5.74, 6) is 0.355. The quantitative estimate of drug-likeness (QED) is 0.835. The van der Waals surface area contributed by atoms with Crippen molar-refractivity contribution in [1.82, 2.24) is 4.31 Å². The molecule has 1 aliphatic rings. The fourth-order valence-electron chi connectivity index (χ4n) is 1.95. The molecular formula is C12H16BrNO4S. The van der Waals surface area contributed by atoms with Gasteiger partial charge in [0.15, 0.2) is 0 Å². The number of halogens is 1. The van der Waals surface area contributed by atoms with Crippen LogP contribution >= 0.6 is 15.9 Å². The van der Waals surface area contributed by atoms with Crippen LogP contribution in [0.2, 0.25) is 0 Å². The summed E-state index contributed by atoms with van der Waals surface area (Å²) in [5, 5.41) is 0. The average molecular weight is 350 g/mol. The highest BCUT2D eigenvalue weighted by Gasteiger charge is 2.28. The second kappa shape index (κ2) is 6.21. The zero-order chi connectivity index (χ0) is 13.9. The van der Waals surface area contributed by atoms with Crippen molar-refractivity contribution in [2.45, 2.75) is 11.3 Å². The van der Waals surface area contributed by atoms with Crippen LogP contribution in [0.25, 0.3) is 0 Å². The summed E-state index contributed by atoms with van der Waals surface area (Å²) in [7, 11) is -2.09. The Morgan fingerprint density at radius 1 is 1.32 bits per heavy atom. The molecule has 0 saturated carbocycles. The van der Waals surface area contributed by atoms with Crippen LogP contribution in [-0.2, 0) is 14.8 Å². The predicted octanol–water partition coefficient (Wildman–Crippen LogP) is 1.87. The van der Waals surface area contributed by atoms with Crippen molar-refractivity contribution in [2.75, 3.05) is 33.4 Å². The van der Waals surface area contributed by atoms with E-state index >= 15 is 0 Å². The van der Waals surface area contributed by atoms with Gasteiger partial charge in [-0.1, -0.05) is 15.9 Å². The minimum Gasteiger partial charge on any atom is -0.495 e. The van der Waals surface area contributed by atoms with E-state index in [9.17, 15) is 8.42 Å². The largest absolute Gasteiger partial charge is 0.495 e. The van der Waals surface area contributed by atoms with Gasteiger partial charge in [0.2, 0.25) is 10.0 Å². The van der Waals surface area contributed by atoms with Crippen molar-refractivity contribution in [3.8, 4) is 5.75 Å². The summed E-state index contributed by atoms with van der Waals surface area (Å²) in [4.78, 5) is 0.186. The number of methoxy groups -OCH3 is 1. The topological polar surface area (TPSA) is 55.8 Å². The molecule has 0 aliphatic carbocycles. The van der Waals surface area contributed by atoms with Gasteiger partial charge in [-0.25, -0.2) is 8.42 Å². The Balaban J connectivity index is 2.40. The van der Waals surface area contributed by atoms with E-state index in [2.05, 4.69) is 15.9 Å². The van der Waals surface area contributed by atoms with Gasteiger partial charge in [-0.3, -0.25) is 0 Å². The molecule has 106 valence electrons. The van der Waals surface area contributed by atoms with Crippen molar-refractivity contribution < 1.29 is 17.9 Å². The monoisotopic (exact) mass is 349 g/mol. The first kappa shape index (κ1) is 14.8. The molecule has 0 bridgehead atoms. The lowest BCUT2D eigenvalue weighted by molar-refractivity contribution is 0.148. The van der Waals surface area contributed by atoms with Crippen LogP contribution in [0.15, 0.2) is 27.6 Å². The standard InChI is InChI=1S/C12H16BrNO4S/c1-17-11-4-3-10(13)9-12(11)19(15,16)14-5-2-7-18-8-6-14/h3-4,9H,2,5-8H2,1H3. The number of hydrogen-bond donors (Lipinski definition) is 0. The molecular weight excluding hydrogens is 334 g/mol. The zero-order valence-electron chi connectivity index (χ0n) is 10.6. The van der Waals surface area contributed by atoms with E-state index in [0.717, 1.165) is 0 Å². The van der Waals surface area contributed by atoms with Crippen LogP contribution in [0.3, 0.4) is 0 Å². The van der Waals surface area contributed by atoms with Crippen LogP contribution in [0, 0.1) is 0 Å². The number of ether oxygens (including phenoxy) is 2. The molecule has 7 heteroatoms. The molecule has 1 aromatic carbocycles. The lowest BCUT2D eigenvalue weighted by Crippen LogP contribution is -2.33. The Hall–Kier alpha value is -0.630. The second-order valence-corrected chi connectivity index (χ2v) is 6.99. The number of sulfonamides is 1. The number of benzene rings is 1. The Bertz CT molecular complexity index is 539. The summed E-state index contributed by atoms with van der Waals surface area (Å²) in [6.07, 6.45) is 0.704. The Morgan fingerprint density at radius 3 is 2.84 bits per heavy atom. The van der Waals surface area contributed by atoms with E-state index in [1.54, 1.807) is 18.2 Å². The normalized spacial score (nSPS) is 18.0. The van der Waals surface area contributed by atoms with Gasteiger partial charge < -0.3 is 9.47 Å². The summed E-state index contributed by atoms with van der Waals surface area (Å²) in [6, 6.07) is 4.97. The summed E-state index contributed by atoms with van der Waals surface area (Å²) in [5.41, 5.74) is 0. The van der Waals surface area contributed by atoms with E-state index in [1.165, 1.54) is 11.4 Å². The molecule has 2 rings (SSSR count). The lowest BCUT2D eigenvalue weighted by atomic mass is 10.3. The Labute approximate surface area is 121 Å². The first-order chi connectivity index (χ1) is 9.05. The Morgan fingerprint density at radius 2 is 2.11 bits per heavy atom. The van der Waals surface area contributed by atoms with Gasteiger partial charge in [-0.15, -0.1) is 0 Å². The molecule has 5 nitrogen and oxygen atoms in total. The van der Waals surface area contributed by atoms with E-state index in [-0.39, 0.29) is 4.90 Å². The molecule has 19 heavy (non-hydrogen) atoms. The van der Waals surface area contributed by atoms with E-state index < -0.39 is 10.0 Å². The zero-order valence-corrected chi connectivity index (χ0v) is 13.0. The molecule has 0 atom stereocenters. The maximum Gasteiger partial charge on any atom is 0.246 e. The van der Waals surface area contributed by atoms with Crippen molar-refractivity contribution >= 4 is 26.0 Å². The smallest absolute Gasteiger partial charge is 0.246 e. The predicted molar refractivity (Wildman–Crippen MR) is 74.9 cm³/mol. The lowest BCUT2D eigenvalue weighted by Gasteiger charge is -2.20. The molecule has 0 amide bonds. The average Bonchev–Trinajstić information content (AvgIpc) is 2.68. The van der Waals surface area contributed by atoms with Gasteiger partial charge in [0.1, 0.15) is 10.6 Å². The van der Waals surface area contributed by atoms with E-state index in [1.807, 2.05) is 0 Å². The molecule has 0 aromatic heterocycles. The van der Waals surface area contributed by atoms with Gasteiger partial charge in [0.05, 0.1) is 13.7 Å². The molecule has 1 aliphatic heterocycles. The van der Waals surface area contributed by atoms with Crippen molar-refractivity contribution in [1.29, 1.82) is 0 Å². The van der Waals surface area contributed by atoms with Crippen LogP contribution in [0.5, 0.6) is 5.75 Å². The van der Waals surface area contributed by atoms with Gasteiger partial charge in [-0.2, -0.15) is 4.31 Å². The third-order valence-corrected chi connectivity index (χ3v) is 5.34. The molecule has 0 N–H and O–H groups in total. The van der Waals surface area contributed by atoms with Crippen molar-refractivity contribution in [3.05, 3.63) is 22.7 Å². The first-order valence-electron chi connectivity index (χ1n) is 5.97. The fourth-order valence-corrected chi connectivity index (χ4v) is 4.11. The highest BCUT2D eigenvalue weighted by atomic mass is 79.9. The van der Waals surface area contributed by atoms with E-state index in [0.29, 0.717) is 42.9 Å². The molecule has 0 radical (unpaired) electrons. The minimum atomic E-state index is -3.55. The molecule has 1 aromatic rings. The second-order valence-electron chi connectivity index (χ2n) is 4.17. The van der Waals surface area contributed by atoms with Gasteiger partial charge in [-0.05, 0) is 24.6 Å². The molecule has 0 unspecified atom stereocenters. The number of hydrogen-bond acceptors (Lipinski definition) is 4. The Kier molecular flexibility index (Phi) is 4.83. The van der Waals surface area contributed by atoms with Crippen LogP contribution in [0.4, 0.5) is 0 Å². The third kappa shape index (κ3) is 3.28. The van der Waals surface area contributed by atoms with Crippen molar-refractivity contribution in [2.24, 2.45) is 0 Å². The molecule has 0 spiro atoms. The van der Waals surface area contributed by atoms with E-state index in [4.69, 9.17) is 9.47 Å². The summed E-state index contributed by atoms with van der Waals surface area (Å²) >= 11 is 3.29. The maximum absolute atomic E-state index is 12.6. The first-order valence-corrected chi connectivity index (χ1v) is 8.20. The van der Waals surface area contributed by atoms with Crippen LogP contribution in [0.1, 0.15) is 6.42 Å². The van der Waals surface area contributed by atoms with Crippen LogP contribution < -0.4 is 4.74 Å². The fraction of sp³-hybridized carbons (Fsp3) is 0.500. The van der Waals surface area contributed by atoms with Crippen molar-refractivity contribution in [3.63, 3.8) is 0 Å². The van der Waals surface area contributed by atoms with Crippen LogP contribution in [-0.4, -0.2) is 46.1 Å². The minimum absolute atomic E-state index is 0.186.